The average Bonchev–Trinajstić information content (AvgIpc) is 3.40. The van der Waals surface area contributed by atoms with Crippen molar-refractivity contribution in [2.45, 2.75) is 11.8 Å². The van der Waals surface area contributed by atoms with Crippen LogP contribution in [0.3, 0.4) is 0 Å². The number of aryl methyl sites for hydroxylation is 1. The molecule has 2 aromatic heterocycles. The summed E-state index contributed by atoms with van der Waals surface area (Å²) < 4.78 is 45.8. The molecule has 0 unspecified atom stereocenters. The van der Waals surface area contributed by atoms with Gasteiger partial charge in [-0.3, -0.25) is 4.79 Å². The molecule has 4 rings (SSSR count). The van der Waals surface area contributed by atoms with Crippen LogP contribution in [-0.2, 0) is 19.6 Å². The molecule has 2 heterocycles. The summed E-state index contributed by atoms with van der Waals surface area (Å²) >= 11 is 7.22. The van der Waals surface area contributed by atoms with Crippen LogP contribution in [0.4, 0.5) is 10.1 Å². The second-order valence-electron chi connectivity index (χ2n) is 7.86. The van der Waals surface area contributed by atoms with Crippen molar-refractivity contribution in [2.24, 2.45) is 0 Å². The van der Waals surface area contributed by atoms with Gasteiger partial charge in [0.15, 0.2) is 6.61 Å². The third-order valence-electron chi connectivity index (χ3n) is 5.14. The predicted molar refractivity (Wildman–Crippen MR) is 135 cm³/mol. The number of hydrogen-bond donors (Lipinski definition) is 1. The number of halogens is 2. The maximum Gasteiger partial charge on any atom is 0.348 e. The van der Waals surface area contributed by atoms with Crippen LogP contribution in [0.15, 0.2) is 53.4 Å². The molecule has 0 radical (unpaired) electrons. The number of amides is 1. The van der Waals surface area contributed by atoms with Gasteiger partial charge in [-0.15, -0.1) is 11.3 Å². The van der Waals surface area contributed by atoms with Crippen LogP contribution in [0.25, 0.3) is 15.9 Å². The zero-order valence-electron chi connectivity index (χ0n) is 19.3. The minimum Gasteiger partial charge on any atom is -0.451 e. The summed E-state index contributed by atoms with van der Waals surface area (Å²) in [5.41, 5.74) is 1.37. The molecule has 0 bridgehead atoms. The van der Waals surface area contributed by atoms with Crippen LogP contribution < -0.4 is 5.32 Å². The van der Waals surface area contributed by atoms with Gasteiger partial charge in [0.05, 0.1) is 27.0 Å². The lowest BCUT2D eigenvalue weighted by molar-refractivity contribution is -0.119. The van der Waals surface area contributed by atoms with Crippen molar-refractivity contribution in [3.05, 3.63) is 69.9 Å². The maximum absolute atomic E-state index is 13.3. The van der Waals surface area contributed by atoms with Gasteiger partial charge in [0, 0.05) is 19.5 Å². The molecule has 36 heavy (non-hydrogen) atoms. The largest absolute Gasteiger partial charge is 0.451 e. The van der Waals surface area contributed by atoms with E-state index in [2.05, 4.69) is 10.4 Å². The summed E-state index contributed by atoms with van der Waals surface area (Å²) in [6.45, 7) is 1.17. The average molecular weight is 551 g/mol. The smallest absolute Gasteiger partial charge is 0.348 e. The number of nitrogens with zero attached hydrogens (tertiary/aromatic N) is 3. The number of fused-ring (bicyclic) bond motifs is 1. The fraction of sp³-hybridized carbons (Fsp3) is 0.174. The SMILES string of the molecule is Cc1nn(-c2ccc(F)cc2)c2sc(C(=O)OCC(=O)Nc3cc(S(=O)(=O)N(C)C)ccc3Cl)cc12. The minimum atomic E-state index is -3.74. The molecular formula is C23H20ClFN4O5S2. The number of rotatable bonds is 7. The molecule has 9 nitrogen and oxygen atoms in total. The van der Waals surface area contributed by atoms with E-state index in [1.807, 2.05) is 0 Å². The Labute approximate surface area is 215 Å². The van der Waals surface area contributed by atoms with Crippen LogP contribution in [0, 0.1) is 12.7 Å². The molecule has 4 aromatic rings. The Morgan fingerprint density at radius 1 is 1.17 bits per heavy atom. The zero-order valence-corrected chi connectivity index (χ0v) is 21.7. The van der Waals surface area contributed by atoms with E-state index >= 15 is 0 Å². The van der Waals surface area contributed by atoms with Gasteiger partial charge in [-0.1, -0.05) is 11.6 Å². The van der Waals surface area contributed by atoms with Crippen LogP contribution in [-0.4, -0.2) is 55.1 Å². The highest BCUT2D eigenvalue weighted by Gasteiger charge is 2.21. The molecule has 0 saturated carbocycles. The molecule has 13 heteroatoms. The lowest BCUT2D eigenvalue weighted by Crippen LogP contribution is -2.23. The molecule has 0 fully saturated rings. The minimum absolute atomic E-state index is 0.0555. The van der Waals surface area contributed by atoms with Crippen LogP contribution in [0.1, 0.15) is 15.4 Å². The number of carbonyl (C=O) groups is 2. The first-order chi connectivity index (χ1) is 17.0. The van der Waals surface area contributed by atoms with Crippen LogP contribution >= 0.6 is 22.9 Å². The molecule has 1 N–H and O–H groups in total. The predicted octanol–water partition coefficient (Wildman–Crippen LogP) is 4.23. The highest BCUT2D eigenvalue weighted by Crippen LogP contribution is 2.31. The number of benzene rings is 2. The quantitative estimate of drug-likeness (QED) is 0.345. The number of ether oxygens (including phenoxy) is 1. The van der Waals surface area contributed by atoms with Crippen molar-refractivity contribution in [3.63, 3.8) is 0 Å². The first kappa shape index (κ1) is 25.8. The monoisotopic (exact) mass is 550 g/mol. The fourth-order valence-corrected chi connectivity index (χ4v) is 5.43. The summed E-state index contributed by atoms with van der Waals surface area (Å²) in [5, 5.41) is 7.76. The van der Waals surface area contributed by atoms with E-state index < -0.39 is 28.5 Å². The van der Waals surface area contributed by atoms with E-state index in [0.29, 0.717) is 16.2 Å². The number of anilines is 1. The first-order valence-electron chi connectivity index (χ1n) is 10.4. The van der Waals surface area contributed by atoms with E-state index in [4.69, 9.17) is 16.3 Å². The van der Waals surface area contributed by atoms with E-state index in [9.17, 15) is 22.4 Å². The van der Waals surface area contributed by atoms with Gasteiger partial charge in [-0.2, -0.15) is 5.10 Å². The Morgan fingerprint density at radius 2 is 1.86 bits per heavy atom. The van der Waals surface area contributed by atoms with Crippen molar-refractivity contribution < 1.29 is 27.1 Å². The van der Waals surface area contributed by atoms with E-state index in [1.165, 1.54) is 44.4 Å². The molecule has 2 aromatic carbocycles. The Kier molecular flexibility index (Phi) is 7.14. The molecule has 0 aliphatic carbocycles. The second-order valence-corrected chi connectivity index (χ2v) is 11.4. The topological polar surface area (TPSA) is 111 Å². The number of hydrogen-bond acceptors (Lipinski definition) is 7. The molecule has 0 aliphatic heterocycles. The maximum atomic E-state index is 13.3. The van der Waals surface area contributed by atoms with Crippen molar-refractivity contribution in [2.75, 3.05) is 26.0 Å². The standard InChI is InChI=1S/C23H20ClFN4O5S2/c1-13-17-11-20(35-22(17)29(27-13)15-6-4-14(25)5-7-15)23(31)34-12-21(30)26-19-10-16(8-9-18(19)24)36(32,33)28(2)3/h4-11H,12H2,1-3H3,(H,26,30). The number of aromatic nitrogens is 2. The van der Waals surface area contributed by atoms with Crippen molar-refractivity contribution in [1.29, 1.82) is 0 Å². The lowest BCUT2D eigenvalue weighted by Gasteiger charge is -2.13. The normalized spacial score (nSPS) is 11.7. The second kappa shape index (κ2) is 9.97. The van der Waals surface area contributed by atoms with Gasteiger partial charge < -0.3 is 10.1 Å². The molecule has 0 spiro atoms. The molecule has 0 aliphatic rings. The molecule has 188 valence electrons. The number of carbonyl (C=O) groups excluding carboxylic acids is 2. The van der Waals surface area contributed by atoms with Gasteiger partial charge in [0.2, 0.25) is 10.0 Å². The van der Waals surface area contributed by atoms with Gasteiger partial charge >= 0.3 is 5.97 Å². The van der Waals surface area contributed by atoms with Crippen LogP contribution in [0.2, 0.25) is 5.02 Å². The van der Waals surface area contributed by atoms with E-state index in [0.717, 1.165) is 21.0 Å². The van der Waals surface area contributed by atoms with E-state index in [-0.39, 0.29) is 26.3 Å². The van der Waals surface area contributed by atoms with E-state index in [1.54, 1.807) is 29.8 Å². The third kappa shape index (κ3) is 5.12. The zero-order chi connectivity index (χ0) is 26.2. The summed E-state index contributed by atoms with van der Waals surface area (Å²) in [6, 6.07) is 11.3. The molecule has 0 saturated heterocycles. The van der Waals surface area contributed by atoms with Crippen molar-refractivity contribution in [3.8, 4) is 5.69 Å². The van der Waals surface area contributed by atoms with Gasteiger partial charge in [0.1, 0.15) is 15.5 Å². The summed E-state index contributed by atoms with van der Waals surface area (Å²) in [4.78, 5) is 25.9. The van der Waals surface area contributed by atoms with Gasteiger partial charge in [-0.05, 0) is 55.5 Å². The Balaban J connectivity index is 1.47. The third-order valence-corrected chi connectivity index (χ3v) is 8.37. The van der Waals surface area contributed by atoms with Gasteiger partial charge in [0.25, 0.3) is 5.91 Å². The number of nitrogens with one attached hydrogen (secondary N) is 1. The molecule has 0 atom stereocenters. The van der Waals surface area contributed by atoms with Crippen molar-refractivity contribution in [1.82, 2.24) is 14.1 Å². The highest BCUT2D eigenvalue weighted by atomic mass is 35.5. The summed E-state index contributed by atoms with van der Waals surface area (Å²) in [6.07, 6.45) is 0. The molecule has 1 amide bonds. The fourth-order valence-electron chi connectivity index (χ4n) is 3.27. The lowest BCUT2D eigenvalue weighted by atomic mass is 10.3. The Morgan fingerprint density at radius 3 is 2.53 bits per heavy atom. The van der Waals surface area contributed by atoms with Gasteiger partial charge in [-0.25, -0.2) is 26.6 Å². The Hall–Kier alpha value is -3.32. The van der Waals surface area contributed by atoms with Crippen molar-refractivity contribution >= 4 is 60.7 Å². The molecular weight excluding hydrogens is 531 g/mol. The Bertz CT molecular complexity index is 1580. The first-order valence-corrected chi connectivity index (χ1v) is 13.0. The number of esters is 1. The summed E-state index contributed by atoms with van der Waals surface area (Å²) in [5.74, 6) is -1.79. The number of sulfonamides is 1. The summed E-state index contributed by atoms with van der Waals surface area (Å²) in [7, 11) is -0.970. The highest BCUT2D eigenvalue weighted by molar-refractivity contribution is 7.89. The number of thiophene rings is 1. The van der Waals surface area contributed by atoms with Crippen LogP contribution in [0.5, 0.6) is 0 Å².